The molecule has 1 aliphatic rings. The monoisotopic (exact) mass is 255 g/mol. The maximum atomic E-state index is 9.39. The fourth-order valence-corrected chi connectivity index (χ4v) is 2.59. The zero-order valence-electron chi connectivity index (χ0n) is 10.2. The third kappa shape index (κ3) is 2.38. The molecule has 17 heavy (non-hydrogen) atoms. The average Bonchev–Trinajstić information content (AvgIpc) is 2.32. The van der Waals surface area contributed by atoms with Crippen LogP contribution in [0.25, 0.3) is 0 Å². The minimum atomic E-state index is -0.118. The fourth-order valence-electron chi connectivity index (χ4n) is 2.40. The Balaban J connectivity index is 2.35. The summed E-state index contributed by atoms with van der Waals surface area (Å²) < 4.78 is 0. The standard InChI is InChI=1S/C12H18ClN3O/c1-8-4-3-5-16(9(8)2)12-10(6-17)11(13)14-7-15-12/h7-9,17H,3-6H2,1-2H3. The maximum absolute atomic E-state index is 9.39. The minimum absolute atomic E-state index is 0.118. The zero-order chi connectivity index (χ0) is 12.4. The molecule has 94 valence electrons. The van der Waals surface area contributed by atoms with Gasteiger partial charge in [-0.05, 0) is 25.7 Å². The van der Waals surface area contributed by atoms with Crippen LogP contribution in [0.1, 0.15) is 32.3 Å². The van der Waals surface area contributed by atoms with Crippen molar-refractivity contribution in [2.75, 3.05) is 11.4 Å². The second-order valence-corrected chi connectivity index (χ2v) is 5.04. The number of piperidine rings is 1. The van der Waals surface area contributed by atoms with Gasteiger partial charge >= 0.3 is 0 Å². The third-order valence-corrected chi connectivity index (χ3v) is 4.00. The first-order chi connectivity index (χ1) is 8.15. The smallest absolute Gasteiger partial charge is 0.140 e. The Morgan fingerprint density at radius 1 is 1.47 bits per heavy atom. The van der Waals surface area contributed by atoms with E-state index in [4.69, 9.17) is 11.6 Å². The Kier molecular flexibility index (Phi) is 3.84. The van der Waals surface area contributed by atoms with Crippen molar-refractivity contribution in [1.29, 1.82) is 0 Å². The second-order valence-electron chi connectivity index (χ2n) is 4.68. The molecule has 1 fully saturated rings. The van der Waals surface area contributed by atoms with E-state index in [1.54, 1.807) is 0 Å². The van der Waals surface area contributed by atoms with Crippen LogP contribution in [0, 0.1) is 5.92 Å². The quantitative estimate of drug-likeness (QED) is 0.824. The van der Waals surface area contributed by atoms with Crippen molar-refractivity contribution in [1.82, 2.24) is 9.97 Å². The summed E-state index contributed by atoms with van der Waals surface area (Å²) in [6, 6.07) is 0.417. The highest BCUT2D eigenvalue weighted by atomic mass is 35.5. The van der Waals surface area contributed by atoms with E-state index in [0.29, 0.717) is 22.7 Å². The number of aliphatic hydroxyl groups excluding tert-OH is 1. The summed E-state index contributed by atoms with van der Waals surface area (Å²) in [5, 5.41) is 9.74. The molecule has 0 radical (unpaired) electrons. The molecule has 1 aliphatic heterocycles. The Morgan fingerprint density at radius 3 is 2.94 bits per heavy atom. The van der Waals surface area contributed by atoms with Gasteiger partial charge in [-0.15, -0.1) is 0 Å². The van der Waals surface area contributed by atoms with Crippen molar-refractivity contribution in [2.45, 2.75) is 39.3 Å². The molecule has 1 saturated heterocycles. The van der Waals surface area contributed by atoms with E-state index in [2.05, 4.69) is 28.7 Å². The lowest BCUT2D eigenvalue weighted by atomic mass is 9.92. The van der Waals surface area contributed by atoms with Crippen LogP contribution in [0.2, 0.25) is 5.15 Å². The number of anilines is 1. The molecule has 0 aliphatic carbocycles. The number of aromatic nitrogens is 2. The number of aliphatic hydroxyl groups is 1. The lowest BCUT2D eigenvalue weighted by molar-refractivity contribution is 0.279. The van der Waals surface area contributed by atoms with Crippen molar-refractivity contribution in [2.24, 2.45) is 5.92 Å². The van der Waals surface area contributed by atoms with E-state index in [1.807, 2.05) is 0 Å². The van der Waals surface area contributed by atoms with E-state index in [-0.39, 0.29) is 6.61 Å². The van der Waals surface area contributed by atoms with Crippen LogP contribution in [0.4, 0.5) is 5.82 Å². The highest BCUT2D eigenvalue weighted by Gasteiger charge is 2.27. The number of hydrogen-bond donors (Lipinski definition) is 1. The largest absolute Gasteiger partial charge is 0.391 e. The van der Waals surface area contributed by atoms with Crippen LogP contribution < -0.4 is 4.90 Å². The third-order valence-electron chi connectivity index (χ3n) is 3.67. The van der Waals surface area contributed by atoms with Crippen LogP contribution >= 0.6 is 11.6 Å². The number of halogens is 1. The summed E-state index contributed by atoms with van der Waals surface area (Å²) in [5.41, 5.74) is 0.634. The van der Waals surface area contributed by atoms with E-state index in [1.165, 1.54) is 12.7 Å². The van der Waals surface area contributed by atoms with Gasteiger partial charge in [0.2, 0.25) is 0 Å². The molecule has 4 nitrogen and oxygen atoms in total. The normalized spacial score (nSPS) is 25.1. The molecule has 2 atom stereocenters. The summed E-state index contributed by atoms with van der Waals surface area (Å²) in [7, 11) is 0. The molecule has 2 heterocycles. The van der Waals surface area contributed by atoms with Crippen molar-refractivity contribution < 1.29 is 5.11 Å². The Labute approximate surface area is 107 Å². The Bertz CT molecular complexity index is 399. The van der Waals surface area contributed by atoms with Gasteiger partial charge in [-0.3, -0.25) is 0 Å². The number of nitrogens with zero attached hydrogens (tertiary/aromatic N) is 3. The summed E-state index contributed by atoms with van der Waals surface area (Å²) in [6.45, 7) is 5.29. The van der Waals surface area contributed by atoms with E-state index in [9.17, 15) is 5.11 Å². The Morgan fingerprint density at radius 2 is 2.24 bits per heavy atom. The van der Waals surface area contributed by atoms with Crippen molar-refractivity contribution in [3.8, 4) is 0 Å². The molecular weight excluding hydrogens is 238 g/mol. The fraction of sp³-hybridized carbons (Fsp3) is 0.667. The first-order valence-corrected chi connectivity index (χ1v) is 6.39. The van der Waals surface area contributed by atoms with Gasteiger partial charge < -0.3 is 10.0 Å². The maximum Gasteiger partial charge on any atom is 0.140 e. The SMILES string of the molecule is CC1CCCN(c2ncnc(Cl)c2CO)C1C. The first-order valence-electron chi connectivity index (χ1n) is 6.02. The van der Waals surface area contributed by atoms with Gasteiger partial charge in [0, 0.05) is 12.6 Å². The zero-order valence-corrected chi connectivity index (χ0v) is 11.0. The van der Waals surface area contributed by atoms with E-state index >= 15 is 0 Å². The van der Waals surface area contributed by atoms with Crippen LogP contribution in [-0.4, -0.2) is 27.7 Å². The summed E-state index contributed by atoms with van der Waals surface area (Å²) >= 11 is 6.00. The lowest BCUT2D eigenvalue weighted by Gasteiger charge is -2.39. The molecule has 0 amide bonds. The summed E-state index contributed by atoms with van der Waals surface area (Å²) in [5.74, 6) is 1.41. The Hall–Kier alpha value is -0.870. The first kappa shape index (κ1) is 12.6. The van der Waals surface area contributed by atoms with E-state index < -0.39 is 0 Å². The van der Waals surface area contributed by atoms with Gasteiger partial charge in [-0.1, -0.05) is 18.5 Å². The van der Waals surface area contributed by atoms with Gasteiger partial charge in [0.15, 0.2) is 0 Å². The molecular formula is C12H18ClN3O. The van der Waals surface area contributed by atoms with Crippen molar-refractivity contribution >= 4 is 17.4 Å². The highest BCUT2D eigenvalue weighted by molar-refractivity contribution is 6.30. The van der Waals surface area contributed by atoms with Crippen molar-refractivity contribution in [3.63, 3.8) is 0 Å². The topological polar surface area (TPSA) is 49.2 Å². The predicted molar refractivity (Wildman–Crippen MR) is 68.2 cm³/mol. The molecule has 1 aromatic rings. The van der Waals surface area contributed by atoms with Crippen LogP contribution in [0.3, 0.4) is 0 Å². The minimum Gasteiger partial charge on any atom is -0.391 e. The molecule has 2 unspecified atom stereocenters. The van der Waals surface area contributed by atoms with Gasteiger partial charge in [0.25, 0.3) is 0 Å². The second kappa shape index (κ2) is 5.19. The predicted octanol–water partition coefficient (Wildman–Crippen LogP) is 2.25. The van der Waals surface area contributed by atoms with Crippen molar-refractivity contribution in [3.05, 3.63) is 17.0 Å². The van der Waals surface area contributed by atoms with Gasteiger partial charge in [0.1, 0.15) is 17.3 Å². The van der Waals surface area contributed by atoms with Gasteiger partial charge in [-0.2, -0.15) is 0 Å². The van der Waals surface area contributed by atoms with Gasteiger partial charge in [-0.25, -0.2) is 9.97 Å². The summed E-state index contributed by atoms with van der Waals surface area (Å²) in [4.78, 5) is 10.4. The molecule has 0 bridgehead atoms. The molecule has 0 saturated carbocycles. The molecule has 0 aromatic carbocycles. The molecule has 0 spiro atoms. The van der Waals surface area contributed by atoms with Crippen LogP contribution in [0.15, 0.2) is 6.33 Å². The molecule has 2 rings (SSSR count). The van der Waals surface area contributed by atoms with Crippen LogP contribution in [-0.2, 0) is 6.61 Å². The van der Waals surface area contributed by atoms with Crippen LogP contribution in [0.5, 0.6) is 0 Å². The number of rotatable bonds is 2. The van der Waals surface area contributed by atoms with Gasteiger partial charge in [0.05, 0.1) is 12.2 Å². The van der Waals surface area contributed by atoms with E-state index in [0.717, 1.165) is 18.8 Å². The summed E-state index contributed by atoms with van der Waals surface area (Å²) in [6.07, 6.45) is 3.85. The highest BCUT2D eigenvalue weighted by Crippen LogP contribution is 2.31. The molecule has 5 heteroatoms. The number of hydrogen-bond acceptors (Lipinski definition) is 4. The lowest BCUT2D eigenvalue weighted by Crippen LogP contribution is -2.43. The average molecular weight is 256 g/mol. The molecule has 1 N–H and O–H groups in total. The molecule has 1 aromatic heterocycles.